The lowest BCUT2D eigenvalue weighted by Crippen LogP contribution is -2.47. The SMILES string of the molecule is CC(C)C(=O)c1cc(Cl)nc(CC2CCN(C(=O)OC(C)(C)C)[C@H](C)C2)c1F. The van der Waals surface area contributed by atoms with Gasteiger partial charge in [0.1, 0.15) is 10.8 Å². The molecule has 0 aliphatic carbocycles. The van der Waals surface area contributed by atoms with Crippen LogP contribution in [-0.4, -0.2) is 39.9 Å². The minimum absolute atomic E-state index is 0.00393. The van der Waals surface area contributed by atoms with E-state index in [1.54, 1.807) is 18.7 Å². The predicted octanol–water partition coefficient (Wildman–Crippen LogP) is 5.29. The Hall–Kier alpha value is -1.69. The van der Waals surface area contributed by atoms with E-state index in [9.17, 15) is 14.0 Å². The fourth-order valence-electron chi connectivity index (χ4n) is 3.49. The summed E-state index contributed by atoms with van der Waals surface area (Å²) < 4.78 is 20.3. The van der Waals surface area contributed by atoms with E-state index in [1.807, 2.05) is 27.7 Å². The molecule has 1 fully saturated rings. The molecule has 0 aromatic carbocycles. The van der Waals surface area contributed by atoms with Gasteiger partial charge in [-0.25, -0.2) is 14.2 Å². The van der Waals surface area contributed by atoms with Crippen LogP contribution in [0, 0.1) is 17.7 Å². The van der Waals surface area contributed by atoms with Crippen LogP contribution in [0.15, 0.2) is 6.07 Å². The van der Waals surface area contributed by atoms with Crippen molar-refractivity contribution in [2.24, 2.45) is 11.8 Å². The fourth-order valence-corrected chi connectivity index (χ4v) is 3.71. The first kappa shape index (κ1) is 22.6. The van der Waals surface area contributed by atoms with E-state index >= 15 is 0 Å². The Morgan fingerprint density at radius 2 is 2.04 bits per heavy atom. The third-order valence-electron chi connectivity index (χ3n) is 4.88. The minimum atomic E-state index is -0.578. The van der Waals surface area contributed by atoms with Gasteiger partial charge in [0.25, 0.3) is 0 Å². The number of nitrogens with zero attached hydrogens (tertiary/aromatic N) is 2. The van der Waals surface area contributed by atoms with Crippen molar-refractivity contribution in [3.05, 3.63) is 28.3 Å². The van der Waals surface area contributed by atoms with Crippen molar-refractivity contribution in [3.63, 3.8) is 0 Å². The molecule has 2 atom stereocenters. The zero-order chi connectivity index (χ0) is 21.2. The average Bonchev–Trinajstić information content (AvgIpc) is 2.55. The van der Waals surface area contributed by atoms with Gasteiger partial charge in [0.2, 0.25) is 0 Å². The zero-order valence-corrected chi connectivity index (χ0v) is 18.3. The summed E-state index contributed by atoms with van der Waals surface area (Å²) in [5.41, 5.74) is -0.315. The van der Waals surface area contributed by atoms with Crippen molar-refractivity contribution in [1.29, 1.82) is 0 Å². The van der Waals surface area contributed by atoms with Gasteiger partial charge in [0.15, 0.2) is 11.6 Å². The van der Waals surface area contributed by atoms with E-state index in [0.29, 0.717) is 25.8 Å². The lowest BCUT2D eigenvalue weighted by Gasteiger charge is -2.38. The van der Waals surface area contributed by atoms with E-state index in [-0.39, 0.29) is 46.2 Å². The van der Waals surface area contributed by atoms with Crippen LogP contribution in [0.3, 0.4) is 0 Å². The monoisotopic (exact) mass is 412 g/mol. The molecule has 2 rings (SSSR count). The highest BCUT2D eigenvalue weighted by Gasteiger charge is 2.32. The number of pyridine rings is 1. The van der Waals surface area contributed by atoms with Gasteiger partial charge in [-0.3, -0.25) is 4.79 Å². The Morgan fingerprint density at radius 3 is 2.57 bits per heavy atom. The average molecular weight is 413 g/mol. The Labute approximate surface area is 171 Å². The van der Waals surface area contributed by atoms with Crippen LogP contribution in [0.1, 0.15) is 70.4 Å². The predicted molar refractivity (Wildman–Crippen MR) is 107 cm³/mol. The summed E-state index contributed by atoms with van der Waals surface area (Å²) in [6.07, 6.45) is 1.48. The molecule has 0 saturated carbocycles. The van der Waals surface area contributed by atoms with Crippen molar-refractivity contribution in [2.75, 3.05) is 6.54 Å². The first-order valence-electron chi connectivity index (χ1n) is 9.77. The number of hydrogen-bond donors (Lipinski definition) is 0. The first-order valence-corrected chi connectivity index (χ1v) is 10.2. The van der Waals surface area contributed by atoms with E-state index in [2.05, 4.69) is 4.98 Å². The molecular weight excluding hydrogens is 383 g/mol. The van der Waals surface area contributed by atoms with Gasteiger partial charge in [0, 0.05) is 18.5 Å². The number of carbonyl (C=O) groups excluding carboxylic acids is 2. The van der Waals surface area contributed by atoms with Crippen LogP contribution in [0.25, 0.3) is 0 Å². The van der Waals surface area contributed by atoms with E-state index in [0.717, 1.165) is 0 Å². The Balaban J connectivity index is 2.10. The molecule has 0 spiro atoms. The molecule has 1 unspecified atom stereocenters. The van der Waals surface area contributed by atoms with E-state index < -0.39 is 11.4 Å². The highest BCUT2D eigenvalue weighted by atomic mass is 35.5. The number of likely N-dealkylation sites (tertiary alicyclic amines) is 1. The van der Waals surface area contributed by atoms with E-state index in [1.165, 1.54) is 6.07 Å². The Morgan fingerprint density at radius 1 is 1.39 bits per heavy atom. The van der Waals surface area contributed by atoms with Crippen molar-refractivity contribution in [1.82, 2.24) is 9.88 Å². The van der Waals surface area contributed by atoms with Crippen molar-refractivity contribution in [3.8, 4) is 0 Å². The number of amides is 1. The van der Waals surface area contributed by atoms with Crippen LogP contribution in [0.4, 0.5) is 9.18 Å². The molecule has 5 nitrogen and oxygen atoms in total. The molecule has 1 aliphatic rings. The number of halogens is 2. The molecule has 156 valence electrons. The summed E-state index contributed by atoms with van der Waals surface area (Å²) in [4.78, 5) is 30.5. The number of aromatic nitrogens is 1. The third kappa shape index (κ3) is 5.66. The second-order valence-electron chi connectivity index (χ2n) is 8.89. The second-order valence-corrected chi connectivity index (χ2v) is 9.28. The standard InChI is InChI=1S/C21H30ClFN2O3/c1-12(2)19(26)15-11-17(22)24-16(18(15)23)10-14-7-8-25(13(3)9-14)20(27)28-21(4,5)6/h11-14H,7-10H2,1-6H3/t13-,14?/m1/s1. The Kier molecular flexibility index (Phi) is 7.07. The number of hydrogen-bond acceptors (Lipinski definition) is 4. The number of ether oxygens (including phenoxy) is 1. The quantitative estimate of drug-likeness (QED) is 0.498. The number of piperidine rings is 1. The van der Waals surface area contributed by atoms with Crippen molar-refractivity contribution >= 4 is 23.5 Å². The Bertz CT molecular complexity index is 746. The van der Waals surface area contributed by atoms with Crippen LogP contribution in [-0.2, 0) is 11.2 Å². The normalized spacial score (nSPS) is 20.4. The van der Waals surface area contributed by atoms with Gasteiger partial charge >= 0.3 is 6.09 Å². The third-order valence-corrected chi connectivity index (χ3v) is 5.07. The number of carbonyl (C=O) groups is 2. The number of ketones is 1. The molecule has 28 heavy (non-hydrogen) atoms. The second kappa shape index (κ2) is 8.76. The van der Waals surface area contributed by atoms with Gasteiger partial charge in [-0.05, 0) is 58.9 Å². The molecule has 1 aliphatic heterocycles. The number of rotatable bonds is 4. The van der Waals surface area contributed by atoms with Gasteiger partial charge in [-0.2, -0.15) is 0 Å². The minimum Gasteiger partial charge on any atom is -0.444 e. The highest BCUT2D eigenvalue weighted by molar-refractivity contribution is 6.29. The summed E-state index contributed by atoms with van der Waals surface area (Å²) >= 11 is 6.04. The molecule has 1 aromatic heterocycles. The molecule has 1 aromatic rings. The van der Waals surface area contributed by atoms with Crippen LogP contribution in [0.2, 0.25) is 5.15 Å². The smallest absolute Gasteiger partial charge is 0.410 e. The van der Waals surface area contributed by atoms with Crippen LogP contribution in [0.5, 0.6) is 0 Å². The lowest BCUT2D eigenvalue weighted by molar-refractivity contribution is 0.00708. The molecule has 0 N–H and O–H groups in total. The lowest BCUT2D eigenvalue weighted by atomic mass is 9.87. The van der Waals surface area contributed by atoms with Crippen molar-refractivity contribution < 1.29 is 18.7 Å². The molecule has 1 saturated heterocycles. The number of Topliss-reactive ketones (excluding diaryl/α,β-unsaturated/α-hetero) is 1. The summed E-state index contributed by atoms with van der Waals surface area (Å²) in [5.74, 6) is -1.03. The highest BCUT2D eigenvalue weighted by Crippen LogP contribution is 2.29. The summed E-state index contributed by atoms with van der Waals surface area (Å²) in [7, 11) is 0. The maximum atomic E-state index is 14.9. The summed E-state index contributed by atoms with van der Waals surface area (Å²) in [6, 6.07) is 1.28. The largest absolute Gasteiger partial charge is 0.444 e. The molecular formula is C21H30ClFN2O3. The zero-order valence-electron chi connectivity index (χ0n) is 17.5. The van der Waals surface area contributed by atoms with Gasteiger partial charge in [0.05, 0.1) is 11.3 Å². The van der Waals surface area contributed by atoms with Crippen LogP contribution >= 0.6 is 11.6 Å². The van der Waals surface area contributed by atoms with Gasteiger partial charge in [-0.1, -0.05) is 25.4 Å². The van der Waals surface area contributed by atoms with Gasteiger partial charge in [-0.15, -0.1) is 0 Å². The van der Waals surface area contributed by atoms with E-state index in [4.69, 9.17) is 16.3 Å². The molecule has 2 heterocycles. The molecule has 0 radical (unpaired) electrons. The maximum Gasteiger partial charge on any atom is 0.410 e. The molecule has 0 bridgehead atoms. The summed E-state index contributed by atoms with van der Waals surface area (Å²) in [6.45, 7) is 11.5. The van der Waals surface area contributed by atoms with Crippen LogP contribution < -0.4 is 0 Å². The molecule has 7 heteroatoms. The van der Waals surface area contributed by atoms with Gasteiger partial charge < -0.3 is 9.64 Å². The maximum absolute atomic E-state index is 14.9. The molecule has 1 amide bonds. The topological polar surface area (TPSA) is 59.5 Å². The fraction of sp³-hybridized carbons (Fsp3) is 0.667. The summed E-state index contributed by atoms with van der Waals surface area (Å²) in [5, 5.41) is 0.125. The van der Waals surface area contributed by atoms with Crippen molar-refractivity contribution in [2.45, 2.75) is 72.4 Å². The first-order chi connectivity index (χ1) is 12.9.